The van der Waals surface area contributed by atoms with E-state index in [0.717, 1.165) is 0 Å². The minimum absolute atomic E-state index is 0.216. The lowest BCUT2D eigenvalue weighted by Crippen LogP contribution is -2.22. The Balaban J connectivity index is 2.74. The Morgan fingerprint density at radius 1 is 1.57 bits per heavy atom. The van der Waals surface area contributed by atoms with Crippen molar-refractivity contribution in [1.82, 2.24) is 9.55 Å². The van der Waals surface area contributed by atoms with Gasteiger partial charge in [-0.3, -0.25) is 0 Å². The van der Waals surface area contributed by atoms with Crippen LogP contribution in [0.3, 0.4) is 0 Å². The highest BCUT2D eigenvalue weighted by Gasteiger charge is 2.26. The van der Waals surface area contributed by atoms with Gasteiger partial charge in [-0.2, -0.15) is 0 Å². The van der Waals surface area contributed by atoms with E-state index in [4.69, 9.17) is 0 Å². The number of rotatable bonds is 4. The Hall–Kier alpha value is -1.20. The standard InChI is InChI=1S/C8H11BF3N2/c1-3-8-13-4-5-14(8)6-7(2)9(10,11)12/h4-5H,2-3,6H2,1H3/q-1. The maximum Gasteiger partial charge on any atom is 0.506 e. The van der Waals surface area contributed by atoms with E-state index in [2.05, 4.69) is 11.6 Å². The van der Waals surface area contributed by atoms with Gasteiger partial charge in [-0.25, -0.2) is 4.98 Å². The van der Waals surface area contributed by atoms with Gasteiger partial charge in [-0.1, -0.05) is 6.92 Å². The number of hydrogen-bond acceptors (Lipinski definition) is 1. The number of aryl methyl sites for hydroxylation is 1. The quantitative estimate of drug-likeness (QED) is 0.687. The van der Waals surface area contributed by atoms with Crippen molar-refractivity contribution in [2.45, 2.75) is 19.9 Å². The van der Waals surface area contributed by atoms with Crippen LogP contribution in [0.1, 0.15) is 12.7 Å². The van der Waals surface area contributed by atoms with Gasteiger partial charge in [0, 0.05) is 25.4 Å². The molecule has 6 heteroatoms. The van der Waals surface area contributed by atoms with E-state index in [0.29, 0.717) is 12.2 Å². The largest absolute Gasteiger partial charge is 0.506 e. The molecule has 0 unspecified atom stereocenters. The first-order valence-corrected chi connectivity index (χ1v) is 4.32. The lowest BCUT2D eigenvalue weighted by molar-refractivity contribution is 0.481. The van der Waals surface area contributed by atoms with Gasteiger partial charge in [0.25, 0.3) is 0 Å². The van der Waals surface area contributed by atoms with Crippen molar-refractivity contribution in [1.29, 1.82) is 0 Å². The van der Waals surface area contributed by atoms with Gasteiger partial charge in [0.2, 0.25) is 0 Å². The molecule has 1 heterocycles. The Morgan fingerprint density at radius 2 is 2.21 bits per heavy atom. The van der Waals surface area contributed by atoms with Crippen LogP contribution in [-0.4, -0.2) is 16.5 Å². The summed E-state index contributed by atoms with van der Waals surface area (Å²) in [5.74, 6) is 0.645. The molecule has 0 aliphatic carbocycles. The van der Waals surface area contributed by atoms with Crippen molar-refractivity contribution < 1.29 is 12.9 Å². The average Bonchev–Trinajstić information content (AvgIpc) is 2.50. The minimum Gasteiger partial charge on any atom is -0.445 e. The fraction of sp³-hybridized carbons (Fsp3) is 0.375. The van der Waals surface area contributed by atoms with Crippen LogP contribution in [0, 0.1) is 0 Å². The molecular weight excluding hydrogens is 192 g/mol. The normalized spacial score (nSPS) is 11.7. The molecule has 0 aliphatic rings. The van der Waals surface area contributed by atoms with Crippen LogP contribution in [0.4, 0.5) is 12.9 Å². The highest BCUT2D eigenvalue weighted by molar-refractivity contribution is 6.66. The number of halogens is 3. The summed E-state index contributed by atoms with van der Waals surface area (Å²) in [5, 5.41) is 0. The molecule has 1 aromatic heterocycles. The fourth-order valence-electron chi connectivity index (χ4n) is 1.12. The smallest absolute Gasteiger partial charge is 0.445 e. The molecule has 14 heavy (non-hydrogen) atoms. The maximum atomic E-state index is 12.2. The lowest BCUT2D eigenvalue weighted by Gasteiger charge is -2.19. The van der Waals surface area contributed by atoms with Crippen molar-refractivity contribution in [2.24, 2.45) is 0 Å². The third-order valence-corrected chi connectivity index (χ3v) is 1.95. The molecular formula is C8H11BF3N2-. The van der Waals surface area contributed by atoms with Crippen LogP contribution in [0.15, 0.2) is 24.4 Å². The SMILES string of the molecule is C=C(Cn1ccnc1CC)[B-](F)(F)F. The summed E-state index contributed by atoms with van der Waals surface area (Å²) in [7, 11) is 0. The molecule has 0 saturated heterocycles. The Morgan fingerprint density at radius 3 is 2.71 bits per heavy atom. The van der Waals surface area contributed by atoms with Gasteiger partial charge in [-0.15, -0.1) is 12.1 Å². The molecule has 0 N–H and O–H groups in total. The summed E-state index contributed by atoms with van der Waals surface area (Å²) in [6.45, 7) is -0.279. The Kier molecular flexibility index (Phi) is 3.03. The second kappa shape index (κ2) is 3.90. The van der Waals surface area contributed by atoms with E-state index in [1.165, 1.54) is 17.0 Å². The van der Waals surface area contributed by atoms with Gasteiger partial charge >= 0.3 is 6.98 Å². The highest BCUT2D eigenvalue weighted by atomic mass is 19.4. The second-order valence-corrected chi connectivity index (χ2v) is 3.06. The first kappa shape index (κ1) is 10.9. The molecule has 78 valence electrons. The molecule has 0 atom stereocenters. The summed E-state index contributed by atoms with van der Waals surface area (Å²) in [4.78, 5) is 3.93. The van der Waals surface area contributed by atoms with Crippen LogP contribution in [-0.2, 0) is 13.0 Å². The van der Waals surface area contributed by atoms with E-state index in [-0.39, 0.29) is 6.54 Å². The summed E-state index contributed by atoms with van der Waals surface area (Å²) in [6, 6.07) is 0. The third-order valence-electron chi connectivity index (χ3n) is 1.95. The zero-order chi connectivity index (χ0) is 10.8. The lowest BCUT2D eigenvalue weighted by atomic mass is 9.80. The number of aromatic nitrogens is 2. The monoisotopic (exact) mass is 203 g/mol. The zero-order valence-corrected chi connectivity index (χ0v) is 7.88. The molecule has 0 aromatic carbocycles. The van der Waals surface area contributed by atoms with Crippen molar-refractivity contribution in [3.05, 3.63) is 30.3 Å². The van der Waals surface area contributed by atoms with E-state index in [1.54, 1.807) is 0 Å². The molecule has 0 amide bonds. The van der Waals surface area contributed by atoms with Crippen LogP contribution in [0.2, 0.25) is 0 Å². The van der Waals surface area contributed by atoms with E-state index >= 15 is 0 Å². The molecule has 0 saturated carbocycles. The van der Waals surface area contributed by atoms with E-state index in [1.807, 2.05) is 6.92 Å². The highest BCUT2D eigenvalue weighted by Crippen LogP contribution is 2.20. The van der Waals surface area contributed by atoms with Gasteiger partial charge in [0.1, 0.15) is 5.82 Å². The first-order chi connectivity index (χ1) is 6.45. The topological polar surface area (TPSA) is 17.8 Å². The maximum absolute atomic E-state index is 12.2. The third kappa shape index (κ3) is 2.40. The molecule has 2 nitrogen and oxygen atoms in total. The second-order valence-electron chi connectivity index (χ2n) is 3.06. The van der Waals surface area contributed by atoms with Gasteiger partial charge in [0.15, 0.2) is 0 Å². The summed E-state index contributed by atoms with van der Waals surface area (Å²) in [5.41, 5.74) is -0.697. The molecule has 0 spiro atoms. The van der Waals surface area contributed by atoms with Crippen molar-refractivity contribution in [3.8, 4) is 0 Å². The number of imidazole rings is 1. The number of allylic oxidation sites excluding steroid dienone is 1. The van der Waals surface area contributed by atoms with Crippen molar-refractivity contribution >= 4 is 6.98 Å². The molecule has 1 aromatic rings. The summed E-state index contributed by atoms with van der Waals surface area (Å²) in [6.07, 6.45) is 3.65. The predicted octanol–water partition coefficient (Wildman–Crippen LogP) is 2.39. The molecule has 0 bridgehead atoms. The average molecular weight is 203 g/mol. The van der Waals surface area contributed by atoms with Gasteiger partial charge in [-0.05, 0) is 0 Å². The van der Waals surface area contributed by atoms with Crippen molar-refractivity contribution in [2.75, 3.05) is 0 Å². The fourth-order valence-corrected chi connectivity index (χ4v) is 1.12. The zero-order valence-electron chi connectivity index (χ0n) is 7.88. The first-order valence-electron chi connectivity index (χ1n) is 4.32. The molecule has 0 fully saturated rings. The van der Waals surface area contributed by atoms with Crippen LogP contribution in [0.25, 0.3) is 0 Å². The van der Waals surface area contributed by atoms with Gasteiger partial charge < -0.3 is 17.5 Å². The molecule has 0 aliphatic heterocycles. The predicted molar refractivity (Wildman–Crippen MR) is 49.8 cm³/mol. The molecule has 1 rings (SSSR count). The Labute approximate surface area is 80.5 Å². The number of hydrogen-bond donors (Lipinski definition) is 0. The van der Waals surface area contributed by atoms with Crippen molar-refractivity contribution in [3.63, 3.8) is 0 Å². The van der Waals surface area contributed by atoms with Crippen LogP contribution >= 0.6 is 0 Å². The van der Waals surface area contributed by atoms with Gasteiger partial charge in [0.05, 0.1) is 0 Å². The summed E-state index contributed by atoms with van der Waals surface area (Å²) < 4.78 is 38.1. The van der Waals surface area contributed by atoms with Crippen LogP contribution in [0.5, 0.6) is 0 Å². The molecule has 0 radical (unpaired) electrons. The Bertz CT molecular complexity index is 330. The van der Waals surface area contributed by atoms with E-state index < -0.39 is 12.4 Å². The minimum atomic E-state index is -4.94. The number of nitrogens with zero attached hydrogens (tertiary/aromatic N) is 2. The van der Waals surface area contributed by atoms with Crippen LogP contribution < -0.4 is 0 Å². The van der Waals surface area contributed by atoms with E-state index in [9.17, 15) is 12.9 Å². The summed E-state index contributed by atoms with van der Waals surface area (Å²) >= 11 is 0.